The number of benzene rings is 1. The van der Waals surface area contributed by atoms with E-state index in [0.29, 0.717) is 0 Å². The predicted molar refractivity (Wildman–Crippen MR) is 67.5 cm³/mol. The number of ether oxygens (including phenoxy) is 1. The molecule has 0 saturated heterocycles. The van der Waals surface area contributed by atoms with Crippen LogP contribution < -0.4 is 5.32 Å². The normalized spacial score (nSPS) is 11.6. The first-order valence-electron chi connectivity index (χ1n) is 5.91. The van der Waals surface area contributed by atoms with Gasteiger partial charge in [0.1, 0.15) is 6.61 Å². The number of hydrogen-bond acceptors (Lipinski definition) is 4. The second-order valence-electron chi connectivity index (χ2n) is 3.99. The van der Waals surface area contributed by atoms with Crippen LogP contribution in [0.15, 0.2) is 30.3 Å². The average Bonchev–Trinajstić information content (AvgIpc) is 2.42. The Kier molecular flexibility index (Phi) is 6.38. The molecule has 0 aliphatic carbocycles. The summed E-state index contributed by atoms with van der Waals surface area (Å²) < 4.78 is 4.94. The highest BCUT2D eigenvalue weighted by molar-refractivity contribution is 5.70. The van der Waals surface area contributed by atoms with Crippen LogP contribution in [0.1, 0.15) is 12.0 Å². The van der Waals surface area contributed by atoms with Gasteiger partial charge in [0, 0.05) is 6.54 Å². The van der Waals surface area contributed by atoms with Crippen molar-refractivity contribution < 1.29 is 24.5 Å². The summed E-state index contributed by atoms with van der Waals surface area (Å²) in [4.78, 5) is 21.9. The smallest absolute Gasteiger partial charge is 0.407 e. The van der Waals surface area contributed by atoms with Crippen molar-refractivity contribution in [3.05, 3.63) is 35.9 Å². The maximum atomic E-state index is 11.3. The fraction of sp³-hybridized carbons (Fsp3) is 0.385. The van der Waals surface area contributed by atoms with Gasteiger partial charge in [-0.3, -0.25) is 4.79 Å². The molecule has 1 amide bonds. The van der Waals surface area contributed by atoms with Crippen LogP contribution in [0.2, 0.25) is 0 Å². The van der Waals surface area contributed by atoms with Gasteiger partial charge < -0.3 is 20.3 Å². The number of aliphatic carboxylic acids is 1. The van der Waals surface area contributed by atoms with Crippen molar-refractivity contribution in [1.29, 1.82) is 0 Å². The molecule has 6 heteroatoms. The maximum absolute atomic E-state index is 11.3. The number of alkyl carbamates (subject to hydrolysis) is 1. The first-order chi connectivity index (χ1) is 9.13. The number of carbonyl (C=O) groups is 2. The summed E-state index contributed by atoms with van der Waals surface area (Å²) in [6, 6.07) is 9.22. The summed E-state index contributed by atoms with van der Waals surface area (Å²) in [6.45, 7) is -0.143. The van der Waals surface area contributed by atoms with E-state index >= 15 is 0 Å². The molecule has 0 bridgehead atoms. The molecule has 0 aliphatic heterocycles. The molecule has 19 heavy (non-hydrogen) atoms. The number of nitrogens with one attached hydrogen (secondary N) is 1. The Labute approximate surface area is 111 Å². The fourth-order valence-corrected chi connectivity index (χ4v) is 1.42. The van der Waals surface area contributed by atoms with Gasteiger partial charge >= 0.3 is 12.1 Å². The summed E-state index contributed by atoms with van der Waals surface area (Å²) >= 11 is 0. The zero-order chi connectivity index (χ0) is 14.1. The molecule has 0 saturated carbocycles. The van der Waals surface area contributed by atoms with Crippen LogP contribution in [-0.2, 0) is 16.1 Å². The molecule has 0 radical (unpaired) electrons. The van der Waals surface area contributed by atoms with Gasteiger partial charge in [-0.05, 0) is 12.0 Å². The number of rotatable bonds is 7. The van der Waals surface area contributed by atoms with Crippen molar-refractivity contribution in [2.24, 2.45) is 5.92 Å². The van der Waals surface area contributed by atoms with Crippen LogP contribution >= 0.6 is 0 Å². The quantitative estimate of drug-likeness (QED) is 0.684. The number of aliphatic hydroxyl groups excluding tert-OH is 1. The highest BCUT2D eigenvalue weighted by Crippen LogP contribution is 2.02. The lowest BCUT2D eigenvalue weighted by Crippen LogP contribution is -2.29. The SMILES string of the molecule is O=C(NCCC(CO)C(=O)O)OCc1ccccc1. The summed E-state index contributed by atoms with van der Waals surface area (Å²) in [5, 5.41) is 19.9. The van der Waals surface area contributed by atoms with Gasteiger partial charge in [-0.2, -0.15) is 0 Å². The minimum atomic E-state index is -1.08. The largest absolute Gasteiger partial charge is 0.481 e. The molecule has 1 aromatic carbocycles. The van der Waals surface area contributed by atoms with E-state index in [9.17, 15) is 9.59 Å². The zero-order valence-electron chi connectivity index (χ0n) is 10.4. The minimum Gasteiger partial charge on any atom is -0.481 e. The molecule has 3 N–H and O–H groups in total. The van der Waals surface area contributed by atoms with E-state index < -0.39 is 24.6 Å². The van der Waals surface area contributed by atoms with E-state index in [1.165, 1.54) is 0 Å². The van der Waals surface area contributed by atoms with E-state index in [1.54, 1.807) is 0 Å². The lowest BCUT2D eigenvalue weighted by molar-refractivity contribution is -0.143. The highest BCUT2D eigenvalue weighted by Gasteiger charge is 2.16. The molecule has 0 aliphatic rings. The van der Waals surface area contributed by atoms with Crippen LogP contribution in [0.5, 0.6) is 0 Å². The Morgan fingerprint density at radius 2 is 1.95 bits per heavy atom. The molecule has 0 aromatic heterocycles. The average molecular weight is 267 g/mol. The van der Waals surface area contributed by atoms with E-state index in [1.807, 2.05) is 30.3 Å². The Hall–Kier alpha value is -2.08. The minimum absolute atomic E-state index is 0.144. The molecular formula is C13H17NO5. The van der Waals surface area contributed by atoms with Crippen LogP contribution in [0.4, 0.5) is 4.79 Å². The third-order valence-corrected chi connectivity index (χ3v) is 2.54. The molecular weight excluding hydrogens is 250 g/mol. The number of amides is 1. The highest BCUT2D eigenvalue weighted by atomic mass is 16.5. The summed E-state index contributed by atoms with van der Waals surface area (Å²) in [5.74, 6) is -1.95. The van der Waals surface area contributed by atoms with Crippen molar-refractivity contribution >= 4 is 12.1 Å². The molecule has 0 spiro atoms. The van der Waals surface area contributed by atoms with Crippen molar-refractivity contribution in [2.75, 3.05) is 13.2 Å². The molecule has 0 heterocycles. The predicted octanol–water partition coefficient (Wildman–Crippen LogP) is 0.996. The molecule has 104 valence electrons. The fourth-order valence-electron chi connectivity index (χ4n) is 1.42. The van der Waals surface area contributed by atoms with Crippen LogP contribution in [0.25, 0.3) is 0 Å². The molecule has 1 unspecified atom stereocenters. The lowest BCUT2D eigenvalue weighted by Gasteiger charge is -2.10. The van der Waals surface area contributed by atoms with Gasteiger partial charge in [-0.1, -0.05) is 30.3 Å². The second-order valence-corrected chi connectivity index (χ2v) is 3.99. The molecule has 1 aromatic rings. The second kappa shape index (κ2) is 8.10. The Bertz CT molecular complexity index is 407. The summed E-state index contributed by atoms with van der Waals surface area (Å²) in [7, 11) is 0. The van der Waals surface area contributed by atoms with E-state index in [4.69, 9.17) is 14.9 Å². The molecule has 6 nitrogen and oxygen atoms in total. The maximum Gasteiger partial charge on any atom is 0.407 e. The Morgan fingerprint density at radius 3 is 2.53 bits per heavy atom. The lowest BCUT2D eigenvalue weighted by atomic mass is 10.1. The zero-order valence-corrected chi connectivity index (χ0v) is 10.4. The number of aliphatic hydroxyl groups is 1. The van der Waals surface area contributed by atoms with Crippen LogP contribution in [-0.4, -0.2) is 35.4 Å². The van der Waals surface area contributed by atoms with Crippen LogP contribution in [0, 0.1) is 5.92 Å². The van der Waals surface area contributed by atoms with E-state index in [0.717, 1.165) is 5.56 Å². The van der Waals surface area contributed by atoms with Crippen molar-refractivity contribution in [2.45, 2.75) is 13.0 Å². The third-order valence-electron chi connectivity index (χ3n) is 2.54. The van der Waals surface area contributed by atoms with Crippen LogP contribution in [0.3, 0.4) is 0 Å². The van der Waals surface area contributed by atoms with Gasteiger partial charge in [0.05, 0.1) is 12.5 Å². The molecule has 0 fully saturated rings. The van der Waals surface area contributed by atoms with Gasteiger partial charge in [0.15, 0.2) is 0 Å². The summed E-state index contributed by atoms with van der Waals surface area (Å²) in [6.07, 6.45) is -0.447. The van der Waals surface area contributed by atoms with Crippen molar-refractivity contribution in [3.8, 4) is 0 Å². The number of hydrogen-bond donors (Lipinski definition) is 3. The molecule has 1 atom stereocenters. The van der Waals surface area contributed by atoms with Crippen molar-refractivity contribution in [3.63, 3.8) is 0 Å². The standard InChI is InChI=1S/C13H17NO5/c15-8-11(12(16)17)6-7-14-13(18)19-9-10-4-2-1-3-5-10/h1-5,11,15H,6-9H2,(H,14,18)(H,16,17). The van der Waals surface area contributed by atoms with Crippen molar-refractivity contribution in [1.82, 2.24) is 5.32 Å². The van der Waals surface area contributed by atoms with E-state index in [-0.39, 0.29) is 19.6 Å². The van der Waals surface area contributed by atoms with Gasteiger partial charge in [-0.25, -0.2) is 4.79 Å². The monoisotopic (exact) mass is 267 g/mol. The first-order valence-corrected chi connectivity index (χ1v) is 5.91. The Morgan fingerprint density at radius 1 is 1.26 bits per heavy atom. The number of carboxylic acid groups (broad SMARTS) is 1. The molecule has 1 rings (SSSR count). The number of carbonyl (C=O) groups excluding carboxylic acids is 1. The van der Waals surface area contributed by atoms with E-state index in [2.05, 4.69) is 5.32 Å². The topological polar surface area (TPSA) is 95.9 Å². The number of carboxylic acids is 1. The first kappa shape index (κ1) is 15.0. The Balaban J connectivity index is 2.20. The third kappa shape index (κ3) is 5.87. The van der Waals surface area contributed by atoms with Gasteiger partial charge in [-0.15, -0.1) is 0 Å². The van der Waals surface area contributed by atoms with Gasteiger partial charge in [0.2, 0.25) is 0 Å². The summed E-state index contributed by atoms with van der Waals surface area (Å²) in [5.41, 5.74) is 0.872. The van der Waals surface area contributed by atoms with Gasteiger partial charge in [0.25, 0.3) is 0 Å².